The molecule has 16 nitrogen and oxygen atoms in total. The number of aliphatic hydroxyl groups excluding tert-OH is 1. The van der Waals surface area contributed by atoms with Crippen molar-refractivity contribution in [2.45, 2.75) is 37.4 Å². The van der Waals surface area contributed by atoms with Crippen LogP contribution in [0.4, 0.5) is 14.6 Å². The number of halogens is 2. The van der Waals surface area contributed by atoms with Crippen LogP contribution in [-0.4, -0.2) is 58.5 Å². The number of phosphoric ester groups is 1. The van der Waals surface area contributed by atoms with E-state index in [1.165, 1.54) is 0 Å². The first kappa shape index (κ1) is 26.1. The molecule has 0 aliphatic carbocycles. The maximum atomic E-state index is 14.5. The third-order valence-corrected chi connectivity index (χ3v) is 7.53. The number of aromatic nitrogens is 2. The van der Waals surface area contributed by atoms with Gasteiger partial charge in [-0.2, -0.15) is 22.4 Å². The molecule has 1 aromatic heterocycles. The maximum absolute atomic E-state index is 14.5. The van der Waals surface area contributed by atoms with Crippen molar-refractivity contribution in [1.29, 1.82) is 0 Å². The molecular weight excluding hydrogens is 501 g/mol. The Hall–Kier alpha value is -1.13. The van der Waals surface area contributed by atoms with E-state index in [4.69, 9.17) is 25.2 Å². The SMILES string of the molecule is CC(OP(=O)(O)OP(=O)(O)OP(=O)(O)O)C1OC(n2ccc(N)nc2=O)C(F)(F)C1O. The van der Waals surface area contributed by atoms with Crippen LogP contribution in [0.2, 0.25) is 0 Å². The first-order valence-electron chi connectivity index (χ1n) is 7.73. The molecule has 0 bridgehead atoms. The Bertz CT molecular complexity index is 1030. The van der Waals surface area contributed by atoms with Crippen molar-refractivity contribution in [2.75, 3.05) is 5.73 Å². The molecule has 0 saturated carbocycles. The Labute approximate surface area is 170 Å². The van der Waals surface area contributed by atoms with E-state index in [9.17, 15) is 37.3 Å². The third-order valence-electron chi connectivity index (χ3n) is 3.60. The van der Waals surface area contributed by atoms with Crippen molar-refractivity contribution in [3.8, 4) is 0 Å². The zero-order chi connectivity index (χ0) is 24.0. The molecule has 7 N–H and O–H groups in total. The molecule has 21 heteroatoms. The molecule has 0 amide bonds. The summed E-state index contributed by atoms with van der Waals surface area (Å²) in [7, 11) is -17.2. The van der Waals surface area contributed by atoms with Crippen molar-refractivity contribution in [3.05, 3.63) is 22.7 Å². The molecule has 2 rings (SSSR count). The van der Waals surface area contributed by atoms with Crippen LogP contribution in [0.3, 0.4) is 0 Å². The molecule has 0 spiro atoms. The molecular formula is C10H16F2N3O13P3. The minimum Gasteiger partial charge on any atom is -0.384 e. The van der Waals surface area contributed by atoms with Gasteiger partial charge >= 0.3 is 35.1 Å². The lowest BCUT2D eigenvalue weighted by Crippen LogP contribution is -2.43. The summed E-state index contributed by atoms with van der Waals surface area (Å²) in [6, 6.07) is 0.982. The summed E-state index contributed by atoms with van der Waals surface area (Å²) in [6.45, 7) is 0.814. The number of alkyl halides is 2. The van der Waals surface area contributed by atoms with Gasteiger partial charge in [0, 0.05) is 6.20 Å². The third kappa shape index (κ3) is 6.44. The molecule has 1 saturated heterocycles. The molecule has 0 radical (unpaired) electrons. The number of aliphatic hydroxyl groups is 1. The van der Waals surface area contributed by atoms with Crippen LogP contribution in [0.1, 0.15) is 13.2 Å². The summed E-state index contributed by atoms with van der Waals surface area (Å²) in [4.78, 5) is 50.5. The van der Waals surface area contributed by atoms with Crippen molar-refractivity contribution in [3.63, 3.8) is 0 Å². The topological polar surface area (TPSA) is 250 Å². The standard InChI is InChI=1S/C10H16F2N3O13P3/c1-4(26-30(21,22)28-31(23,24)27-29(18,19)20)6-7(16)10(11,12)8(25-6)15-3-2-5(13)14-9(15)17/h2-4,6-8,16H,1H3,(H,21,22)(H,23,24)(H2,13,14,17)(H2,18,19,20). The first-order valence-corrected chi connectivity index (χ1v) is 12.2. The summed E-state index contributed by atoms with van der Waals surface area (Å²) in [5, 5.41) is 9.89. The summed E-state index contributed by atoms with van der Waals surface area (Å²) < 4.78 is 79.2. The Balaban J connectivity index is 2.20. The van der Waals surface area contributed by atoms with Crippen LogP contribution >= 0.6 is 23.5 Å². The van der Waals surface area contributed by atoms with E-state index in [0.29, 0.717) is 0 Å². The van der Waals surface area contributed by atoms with Crippen molar-refractivity contribution in [1.82, 2.24) is 9.55 Å². The molecule has 6 unspecified atom stereocenters. The highest BCUT2D eigenvalue weighted by Crippen LogP contribution is 2.66. The minimum absolute atomic E-state index is 0.289. The summed E-state index contributed by atoms with van der Waals surface area (Å²) in [6.07, 6.45) is -8.43. The molecule has 0 aromatic carbocycles. The zero-order valence-electron chi connectivity index (χ0n) is 15.0. The van der Waals surface area contributed by atoms with E-state index in [2.05, 4.69) is 18.1 Å². The van der Waals surface area contributed by atoms with Crippen molar-refractivity contribution < 1.29 is 65.0 Å². The Morgan fingerprint density at radius 2 is 1.81 bits per heavy atom. The quantitative estimate of drug-likeness (QED) is 0.237. The molecule has 1 aliphatic rings. The zero-order valence-corrected chi connectivity index (χ0v) is 17.7. The van der Waals surface area contributed by atoms with Crippen LogP contribution in [0, 0.1) is 0 Å². The number of rotatable bonds is 8. The Morgan fingerprint density at radius 1 is 1.23 bits per heavy atom. The fourth-order valence-electron chi connectivity index (χ4n) is 2.47. The number of ether oxygens (including phenoxy) is 1. The summed E-state index contributed by atoms with van der Waals surface area (Å²) >= 11 is 0. The van der Waals surface area contributed by atoms with Crippen molar-refractivity contribution in [2.24, 2.45) is 0 Å². The first-order chi connectivity index (χ1) is 13.8. The molecule has 178 valence electrons. The number of phosphoric acid groups is 3. The second kappa shape index (κ2) is 8.67. The van der Waals surface area contributed by atoms with Gasteiger partial charge in [-0.3, -0.25) is 9.09 Å². The van der Waals surface area contributed by atoms with Gasteiger partial charge in [0.25, 0.3) is 0 Å². The number of nitrogen functional groups attached to an aromatic ring is 1. The summed E-state index contributed by atoms with van der Waals surface area (Å²) in [5.74, 6) is -4.44. The molecule has 1 aromatic rings. The largest absolute Gasteiger partial charge is 0.490 e. The van der Waals surface area contributed by atoms with E-state index in [0.717, 1.165) is 19.2 Å². The molecule has 31 heavy (non-hydrogen) atoms. The lowest BCUT2D eigenvalue weighted by atomic mass is 10.1. The monoisotopic (exact) mass is 517 g/mol. The second-order valence-electron chi connectivity index (χ2n) is 6.02. The lowest BCUT2D eigenvalue weighted by Gasteiger charge is -2.24. The van der Waals surface area contributed by atoms with Gasteiger partial charge < -0.3 is 35.2 Å². The van der Waals surface area contributed by atoms with Gasteiger partial charge in [0.05, 0.1) is 6.10 Å². The van der Waals surface area contributed by atoms with Gasteiger partial charge in [0.15, 0.2) is 6.10 Å². The average Bonchev–Trinajstić information content (AvgIpc) is 2.74. The van der Waals surface area contributed by atoms with Crippen LogP contribution < -0.4 is 11.4 Å². The van der Waals surface area contributed by atoms with Gasteiger partial charge in [-0.25, -0.2) is 18.5 Å². The van der Waals surface area contributed by atoms with E-state index < -0.39 is 59.6 Å². The van der Waals surface area contributed by atoms with Gasteiger partial charge in [-0.05, 0) is 13.0 Å². The fraction of sp³-hybridized carbons (Fsp3) is 0.600. The van der Waals surface area contributed by atoms with Gasteiger partial charge in [-0.15, -0.1) is 0 Å². The van der Waals surface area contributed by atoms with E-state index in [1.807, 2.05) is 0 Å². The minimum atomic E-state index is -5.85. The maximum Gasteiger partial charge on any atom is 0.490 e. The summed E-state index contributed by atoms with van der Waals surface area (Å²) in [5.41, 5.74) is 3.99. The Morgan fingerprint density at radius 3 is 2.32 bits per heavy atom. The normalized spacial score (nSPS) is 28.6. The van der Waals surface area contributed by atoms with Crippen LogP contribution in [0.15, 0.2) is 17.1 Å². The number of hydrogen-bond acceptors (Lipinski definition) is 11. The van der Waals surface area contributed by atoms with Gasteiger partial charge in [-0.1, -0.05) is 0 Å². The number of anilines is 1. The highest BCUT2D eigenvalue weighted by Gasteiger charge is 2.61. The van der Waals surface area contributed by atoms with E-state index in [-0.39, 0.29) is 10.4 Å². The van der Waals surface area contributed by atoms with Gasteiger partial charge in [0.2, 0.25) is 6.23 Å². The smallest absolute Gasteiger partial charge is 0.384 e. The molecule has 1 aliphatic heterocycles. The number of hydrogen-bond donors (Lipinski definition) is 6. The Kier molecular flexibility index (Phi) is 7.30. The highest BCUT2D eigenvalue weighted by molar-refractivity contribution is 7.66. The second-order valence-corrected chi connectivity index (χ2v) is 10.4. The molecule has 1 fully saturated rings. The highest BCUT2D eigenvalue weighted by atomic mass is 31.3. The van der Waals surface area contributed by atoms with E-state index in [1.54, 1.807) is 0 Å². The molecule has 6 atom stereocenters. The average molecular weight is 517 g/mol. The van der Waals surface area contributed by atoms with Crippen LogP contribution in [-0.2, 0) is 31.6 Å². The van der Waals surface area contributed by atoms with Crippen LogP contribution in [0.5, 0.6) is 0 Å². The fourth-order valence-corrected chi connectivity index (χ4v) is 5.67. The number of nitrogens with zero attached hydrogens (tertiary/aromatic N) is 2. The number of nitrogens with two attached hydrogens (primary N) is 1. The van der Waals surface area contributed by atoms with Crippen LogP contribution in [0.25, 0.3) is 0 Å². The van der Waals surface area contributed by atoms with Gasteiger partial charge in [0.1, 0.15) is 11.9 Å². The lowest BCUT2D eigenvalue weighted by molar-refractivity contribution is -0.141. The van der Waals surface area contributed by atoms with E-state index >= 15 is 0 Å². The predicted octanol–water partition coefficient (Wildman–Crippen LogP) is -0.549. The predicted molar refractivity (Wildman–Crippen MR) is 92.2 cm³/mol. The molecule has 2 heterocycles. The van der Waals surface area contributed by atoms with Crippen molar-refractivity contribution >= 4 is 29.3 Å².